The van der Waals surface area contributed by atoms with Gasteiger partial charge >= 0.3 is 18.0 Å². The Morgan fingerprint density at radius 1 is 0.717 bits per heavy atom. The summed E-state index contributed by atoms with van der Waals surface area (Å²) in [6.45, 7) is 36.7. The molecule has 53 heavy (non-hydrogen) atoms. The zero-order chi connectivity index (χ0) is 41.8. The minimum Gasteiger partial charge on any atom is -0.456 e. The molecule has 0 saturated heterocycles. The van der Waals surface area contributed by atoms with Crippen molar-refractivity contribution in [3.8, 4) is 0 Å². The van der Waals surface area contributed by atoms with Gasteiger partial charge in [-0.3, -0.25) is 4.79 Å². The summed E-state index contributed by atoms with van der Waals surface area (Å²) in [6.07, 6.45) is -2.77. The minimum absolute atomic E-state index is 0.126. The number of aliphatic hydroxyl groups is 1. The van der Waals surface area contributed by atoms with Gasteiger partial charge in [-0.25, -0.2) is 9.59 Å². The standard InChI is InChI=1S/C41H81NO9Si2/c1-20-34(50-52(21-2,22-3)23-4)40(17,18)37(45)41(19,48-32(13)43)30(11)29(10)31(12)47-36(44)35(51-53(24-5,25-6)26-7)33(27-28(8)9)42-38(46)49-39(14,15)16/h28,31,33-35,37,45H,20-27H2,1-19H3,(H,42,46)/b30-29+/t31-,33-,34?,35?,37+,41-/m0/s1. The van der Waals surface area contributed by atoms with Crippen LogP contribution < -0.4 is 5.32 Å². The van der Waals surface area contributed by atoms with Gasteiger partial charge in [0.25, 0.3) is 0 Å². The summed E-state index contributed by atoms with van der Waals surface area (Å²) >= 11 is 0. The molecular weight excluding hydrogens is 707 g/mol. The molecule has 0 aliphatic rings. The first-order valence-corrected chi connectivity index (χ1v) is 25.4. The Bertz CT molecular complexity index is 1170. The number of esters is 2. The summed E-state index contributed by atoms with van der Waals surface area (Å²) in [6, 6.07) is 4.61. The van der Waals surface area contributed by atoms with E-state index < -0.39 is 75.6 Å². The van der Waals surface area contributed by atoms with Crippen LogP contribution in [0.2, 0.25) is 36.3 Å². The Balaban J connectivity index is 7.10. The number of amides is 1. The molecule has 1 amide bonds. The average Bonchev–Trinajstić information content (AvgIpc) is 3.07. The van der Waals surface area contributed by atoms with E-state index in [0.29, 0.717) is 24.0 Å². The Labute approximate surface area is 326 Å². The molecule has 312 valence electrons. The van der Waals surface area contributed by atoms with Crippen molar-refractivity contribution in [1.29, 1.82) is 0 Å². The predicted octanol–water partition coefficient (Wildman–Crippen LogP) is 10.1. The van der Waals surface area contributed by atoms with Gasteiger partial charge in [0.05, 0.1) is 12.1 Å². The second-order valence-electron chi connectivity index (χ2n) is 17.2. The van der Waals surface area contributed by atoms with Crippen LogP contribution in [0.4, 0.5) is 4.79 Å². The van der Waals surface area contributed by atoms with Crippen molar-refractivity contribution in [2.45, 2.75) is 222 Å². The van der Waals surface area contributed by atoms with E-state index in [0.717, 1.165) is 36.3 Å². The molecule has 0 aromatic carbocycles. The van der Waals surface area contributed by atoms with Gasteiger partial charge in [-0.15, -0.1) is 0 Å². The van der Waals surface area contributed by atoms with Crippen LogP contribution in [0.5, 0.6) is 0 Å². The van der Waals surface area contributed by atoms with Crippen molar-refractivity contribution in [2.24, 2.45) is 11.3 Å². The van der Waals surface area contributed by atoms with Crippen LogP contribution in [0.15, 0.2) is 11.1 Å². The van der Waals surface area contributed by atoms with E-state index in [-0.39, 0.29) is 12.0 Å². The number of alkyl carbamates (subject to hydrolysis) is 1. The van der Waals surface area contributed by atoms with E-state index in [1.807, 2.05) is 41.5 Å². The van der Waals surface area contributed by atoms with E-state index in [2.05, 4.69) is 53.8 Å². The van der Waals surface area contributed by atoms with Crippen LogP contribution in [0.3, 0.4) is 0 Å². The second kappa shape index (κ2) is 21.5. The molecule has 0 heterocycles. The van der Waals surface area contributed by atoms with Crippen LogP contribution in [0.25, 0.3) is 0 Å². The van der Waals surface area contributed by atoms with E-state index in [9.17, 15) is 19.5 Å². The SMILES string of the molecule is CCC(O[Si](CC)(CC)CC)C(C)(C)[C@@H](O)[C@@](C)(OC(C)=O)/C(C)=C(\C)[C@H](C)OC(=O)C(O[Si](CC)(CC)CC)[C@H](CC(C)C)NC(=O)OC(C)(C)C. The molecule has 2 unspecified atom stereocenters. The molecule has 0 aromatic heterocycles. The molecule has 2 N–H and O–H groups in total. The Kier molecular flexibility index (Phi) is 20.8. The summed E-state index contributed by atoms with van der Waals surface area (Å²) < 4.78 is 31.7. The Morgan fingerprint density at radius 2 is 1.17 bits per heavy atom. The van der Waals surface area contributed by atoms with E-state index in [1.54, 1.807) is 34.6 Å². The molecule has 0 aromatic rings. The van der Waals surface area contributed by atoms with Crippen LogP contribution in [-0.4, -0.2) is 81.4 Å². The third-order valence-electron chi connectivity index (χ3n) is 11.7. The molecule has 6 atom stereocenters. The van der Waals surface area contributed by atoms with Gasteiger partial charge in [0.2, 0.25) is 0 Å². The molecule has 0 radical (unpaired) electrons. The number of hydrogen-bond donors (Lipinski definition) is 2. The highest BCUT2D eigenvalue weighted by atomic mass is 28.4. The topological polar surface area (TPSA) is 130 Å². The molecule has 0 aliphatic carbocycles. The summed E-state index contributed by atoms with van der Waals surface area (Å²) in [5, 5.41) is 15.3. The number of ether oxygens (including phenoxy) is 3. The van der Waals surface area contributed by atoms with Crippen molar-refractivity contribution in [3.63, 3.8) is 0 Å². The van der Waals surface area contributed by atoms with Gasteiger partial charge in [0.1, 0.15) is 17.8 Å². The largest absolute Gasteiger partial charge is 0.456 e. The fraction of sp³-hybridized carbons (Fsp3) is 0.878. The fourth-order valence-electron chi connectivity index (χ4n) is 7.40. The number of carbonyl (C=O) groups excluding carboxylic acids is 3. The smallest absolute Gasteiger partial charge is 0.407 e. The molecule has 0 fully saturated rings. The van der Waals surface area contributed by atoms with Crippen molar-refractivity contribution in [1.82, 2.24) is 5.32 Å². The lowest BCUT2D eigenvalue weighted by atomic mass is 9.70. The molecule has 0 saturated carbocycles. The fourth-order valence-corrected chi connectivity index (χ4v) is 13.3. The van der Waals surface area contributed by atoms with Gasteiger partial charge in [-0.05, 0) is 115 Å². The van der Waals surface area contributed by atoms with Gasteiger partial charge < -0.3 is 33.5 Å². The first-order valence-electron chi connectivity index (χ1n) is 20.3. The maximum atomic E-state index is 14.4. The highest BCUT2D eigenvalue weighted by Gasteiger charge is 2.52. The highest BCUT2D eigenvalue weighted by Crippen LogP contribution is 2.43. The molecule has 12 heteroatoms. The Morgan fingerprint density at radius 3 is 1.55 bits per heavy atom. The lowest BCUT2D eigenvalue weighted by Gasteiger charge is -2.49. The maximum absolute atomic E-state index is 14.4. The van der Waals surface area contributed by atoms with Crippen LogP contribution >= 0.6 is 0 Å². The van der Waals surface area contributed by atoms with Crippen LogP contribution in [0.1, 0.15) is 144 Å². The van der Waals surface area contributed by atoms with Crippen molar-refractivity contribution < 1.29 is 42.6 Å². The molecular formula is C41H81NO9Si2. The van der Waals surface area contributed by atoms with E-state index >= 15 is 0 Å². The van der Waals surface area contributed by atoms with Gasteiger partial charge in [-0.1, -0.05) is 76.2 Å². The third kappa shape index (κ3) is 14.4. The molecule has 0 bridgehead atoms. The zero-order valence-corrected chi connectivity index (χ0v) is 39.3. The normalized spacial score (nSPS) is 17.5. The zero-order valence-electron chi connectivity index (χ0n) is 37.3. The van der Waals surface area contributed by atoms with E-state index in [4.69, 9.17) is 23.1 Å². The third-order valence-corrected chi connectivity index (χ3v) is 21.0. The Hall–Kier alpha value is -1.74. The molecule has 0 spiro atoms. The number of nitrogens with one attached hydrogen (secondary N) is 1. The van der Waals surface area contributed by atoms with Crippen molar-refractivity contribution >= 4 is 34.7 Å². The summed E-state index contributed by atoms with van der Waals surface area (Å²) in [4.78, 5) is 40.2. The quantitative estimate of drug-likeness (QED) is 0.0450. The monoisotopic (exact) mass is 788 g/mol. The number of aliphatic hydroxyl groups excluding tert-OH is 1. The van der Waals surface area contributed by atoms with Gasteiger partial charge in [-0.2, -0.15) is 0 Å². The van der Waals surface area contributed by atoms with Crippen LogP contribution in [0, 0.1) is 11.3 Å². The predicted molar refractivity (Wildman–Crippen MR) is 221 cm³/mol. The number of hydrogen-bond acceptors (Lipinski definition) is 9. The van der Waals surface area contributed by atoms with Crippen molar-refractivity contribution in [3.05, 3.63) is 11.1 Å². The van der Waals surface area contributed by atoms with Crippen molar-refractivity contribution in [2.75, 3.05) is 0 Å². The minimum atomic E-state index is -2.38. The number of carbonyl (C=O) groups is 3. The summed E-state index contributed by atoms with van der Waals surface area (Å²) in [5.41, 5.74) is -1.79. The summed E-state index contributed by atoms with van der Waals surface area (Å²) in [5.74, 6) is -1.00. The second-order valence-corrected chi connectivity index (χ2v) is 26.7. The molecule has 10 nitrogen and oxygen atoms in total. The maximum Gasteiger partial charge on any atom is 0.407 e. The highest BCUT2D eigenvalue weighted by molar-refractivity contribution is 6.74. The van der Waals surface area contributed by atoms with Gasteiger partial charge in [0, 0.05) is 12.3 Å². The molecule has 0 rings (SSSR count). The van der Waals surface area contributed by atoms with Crippen LogP contribution in [-0.2, 0) is 32.7 Å². The molecule has 0 aliphatic heterocycles. The first-order chi connectivity index (χ1) is 24.2. The number of rotatable bonds is 23. The first kappa shape index (κ1) is 51.3. The average molecular weight is 788 g/mol. The van der Waals surface area contributed by atoms with Gasteiger partial charge in [0.15, 0.2) is 28.3 Å². The lowest BCUT2D eigenvalue weighted by molar-refractivity contribution is -0.179. The van der Waals surface area contributed by atoms with E-state index in [1.165, 1.54) is 6.92 Å². The summed E-state index contributed by atoms with van der Waals surface area (Å²) in [7, 11) is -4.43. The lowest BCUT2D eigenvalue weighted by Crippen LogP contribution is -2.58.